The molecule has 1 rings (SSSR count). The molecule has 0 aromatic carbocycles. The third-order valence-electron chi connectivity index (χ3n) is 1.71. The van der Waals surface area contributed by atoms with Gasteiger partial charge in [0.2, 0.25) is 0 Å². The van der Waals surface area contributed by atoms with E-state index in [-0.39, 0.29) is 11.7 Å². The van der Waals surface area contributed by atoms with E-state index < -0.39 is 9.84 Å². The molecule has 0 fully saturated rings. The van der Waals surface area contributed by atoms with E-state index in [4.69, 9.17) is 0 Å². The fourth-order valence-corrected chi connectivity index (χ4v) is 1.65. The second-order valence-corrected chi connectivity index (χ2v) is 5.76. The van der Waals surface area contributed by atoms with Crippen molar-refractivity contribution in [3.05, 3.63) is 23.8 Å². The van der Waals surface area contributed by atoms with Crippen LogP contribution in [-0.4, -0.2) is 24.6 Å². The predicted octanol–water partition coefficient (Wildman–Crippen LogP) is 1.14. The molecule has 0 N–H and O–H groups in total. The summed E-state index contributed by atoms with van der Waals surface area (Å²) in [7, 11) is -3.04. The molecule has 14 heavy (non-hydrogen) atoms. The number of rotatable bonds is 3. The highest BCUT2D eigenvalue weighted by Crippen LogP contribution is 2.10. The van der Waals surface area contributed by atoms with E-state index in [0.717, 1.165) is 5.69 Å². The molecule has 0 amide bonds. The van der Waals surface area contributed by atoms with Crippen LogP contribution < -0.4 is 0 Å². The lowest BCUT2D eigenvalue weighted by Crippen LogP contribution is -2.07. The largest absolute Gasteiger partial charge is 0.240 e. The third kappa shape index (κ3) is 3.41. The quantitative estimate of drug-likeness (QED) is 0.757. The van der Waals surface area contributed by atoms with Gasteiger partial charge in [-0.3, -0.25) is 0 Å². The van der Waals surface area contributed by atoms with E-state index >= 15 is 0 Å². The third-order valence-corrected chi connectivity index (χ3v) is 2.49. The van der Waals surface area contributed by atoms with Crippen molar-refractivity contribution in [3.63, 3.8) is 0 Å². The first-order chi connectivity index (χ1) is 6.38. The van der Waals surface area contributed by atoms with Gasteiger partial charge in [0.1, 0.15) is 11.6 Å². The summed E-state index contributed by atoms with van der Waals surface area (Å²) >= 11 is 0. The Hall–Kier alpha value is -0.970. The van der Waals surface area contributed by atoms with Gasteiger partial charge < -0.3 is 0 Å². The van der Waals surface area contributed by atoms with E-state index in [2.05, 4.69) is 9.97 Å². The first-order valence-electron chi connectivity index (χ1n) is 4.38. The molecule has 1 aromatic rings. The lowest BCUT2D eigenvalue weighted by atomic mass is 10.1. The van der Waals surface area contributed by atoms with E-state index in [0.29, 0.717) is 5.82 Å². The van der Waals surface area contributed by atoms with E-state index in [9.17, 15) is 8.42 Å². The van der Waals surface area contributed by atoms with Crippen molar-refractivity contribution in [2.75, 3.05) is 6.26 Å². The normalized spacial score (nSPS) is 12.0. The average Bonchev–Trinajstić information content (AvgIpc) is 2.01. The first-order valence-corrected chi connectivity index (χ1v) is 6.44. The van der Waals surface area contributed by atoms with Crippen molar-refractivity contribution in [1.82, 2.24) is 9.97 Å². The zero-order valence-corrected chi connectivity index (χ0v) is 9.37. The van der Waals surface area contributed by atoms with Crippen molar-refractivity contribution < 1.29 is 8.42 Å². The van der Waals surface area contributed by atoms with E-state index in [1.165, 1.54) is 6.26 Å². The van der Waals surface area contributed by atoms with Crippen molar-refractivity contribution in [2.24, 2.45) is 0 Å². The fourth-order valence-electron chi connectivity index (χ4n) is 1.04. The van der Waals surface area contributed by atoms with Crippen LogP contribution in [0.3, 0.4) is 0 Å². The van der Waals surface area contributed by atoms with Gasteiger partial charge in [0.25, 0.3) is 0 Å². The molecule has 1 aromatic heterocycles. The minimum atomic E-state index is -3.04. The Morgan fingerprint density at radius 1 is 1.43 bits per heavy atom. The zero-order valence-electron chi connectivity index (χ0n) is 8.56. The molecule has 78 valence electrons. The lowest BCUT2D eigenvalue weighted by Gasteiger charge is -2.05. The fraction of sp³-hybridized carbons (Fsp3) is 0.556. The van der Waals surface area contributed by atoms with Crippen molar-refractivity contribution in [2.45, 2.75) is 25.5 Å². The summed E-state index contributed by atoms with van der Waals surface area (Å²) in [6.45, 7) is 4.01. The van der Waals surface area contributed by atoms with Gasteiger partial charge in [0.15, 0.2) is 9.84 Å². The summed E-state index contributed by atoms with van der Waals surface area (Å²) in [5, 5.41) is 0. The van der Waals surface area contributed by atoms with Crippen LogP contribution in [0.5, 0.6) is 0 Å². The summed E-state index contributed by atoms with van der Waals surface area (Å²) in [4.78, 5) is 8.08. The Bertz CT molecular complexity index is 413. The molecule has 0 radical (unpaired) electrons. The Labute approximate surface area is 84.3 Å². The molecule has 1 heterocycles. The maximum absolute atomic E-state index is 11.0. The molecule has 0 aliphatic carbocycles. The van der Waals surface area contributed by atoms with Crippen LogP contribution in [0.25, 0.3) is 0 Å². The van der Waals surface area contributed by atoms with Crippen LogP contribution in [0, 0.1) is 0 Å². The number of hydrogen-bond donors (Lipinski definition) is 0. The number of nitrogens with zero attached hydrogens (tertiary/aromatic N) is 2. The maximum atomic E-state index is 11.0. The topological polar surface area (TPSA) is 59.9 Å². The molecule has 0 aliphatic heterocycles. The van der Waals surface area contributed by atoms with Gasteiger partial charge in [-0.2, -0.15) is 0 Å². The van der Waals surface area contributed by atoms with Gasteiger partial charge in [-0.25, -0.2) is 18.4 Å². The number of hydrogen-bond acceptors (Lipinski definition) is 4. The Kier molecular flexibility index (Phi) is 3.21. The highest BCUT2D eigenvalue weighted by atomic mass is 32.2. The van der Waals surface area contributed by atoms with Gasteiger partial charge >= 0.3 is 0 Å². The van der Waals surface area contributed by atoms with Crippen molar-refractivity contribution in [3.8, 4) is 0 Å². The summed E-state index contributed by atoms with van der Waals surface area (Å²) in [5.41, 5.74) is 0.874. The predicted molar refractivity (Wildman–Crippen MR) is 54.7 cm³/mol. The molecule has 0 aliphatic rings. The second kappa shape index (κ2) is 4.04. The SMILES string of the molecule is CC(C)c1ccnc(CS(C)(=O)=O)n1. The molecule has 4 nitrogen and oxygen atoms in total. The van der Waals surface area contributed by atoms with Crippen molar-refractivity contribution in [1.29, 1.82) is 0 Å². The Balaban J connectivity index is 2.95. The first kappa shape index (κ1) is 11.1. The van der Waals surface area contributed by atoms with Gasteiger partial charge in [-0.15, -0.1) is 0 Å². The lowest BCUT2D eigenvalue weighted by molar-refractivity contribution is 0.599. The molecule has 0 saturated carbocycles. The van der Waals surface area contributed by atoms with Gasteiger partial charge in [0.05, 0.1) is 0 Å². The molecular weight excluding hydrogens is 200 g/mol. The molecule has 0 unspecified atom stereocenters. The van der Waals surface area contributed by atoms with Crippen LogP contribution in [0.1, 0.15) is 31.3 Å². The minimum absolute atomic E-state index is 0.0897. The molecule has 0 atom stereocenters. The summed E-state index contributed by atoms with van der Waals surface area (Å²) in [6.07, 6.45) is 2.78. The van der Waals surface area contributed by atoms with Crippen LogP contribution >= 0.6 is 0 Å². The second-order valence-electron chi connectivity index (χ2n) is 3.62. The molecule has 0 saturated heterocycles. The number of aromatic nitrogens is 2. The smallest absolute Gasteiger partial charge is 0.154 e. The van der Waals surface area contributed by atoms with Gasteiger partial charge in [0, 0.05) is 18.1 Å². The van der Waals surface area contributed by atoms with Crippen LogP contribution in [0.15, 0.2) is 12.3 Å². The summed E-state index contributed by atoms with van der Waals surface area (Å²) in [6, 6.07) is 1.80. The number of sulfone groups is 1. The van der Waals surface area contributed by atoms with Crippen LogP contribution in [0.4, 0.5) is 0 Å². The zero-order chi connectivity index (χ0) is 10.8. The van der Waals surface area contributed by atoms with Crippen LogP contribution in [0.2, 0.25) is 0 Å². The van der Waals surface area contributed by atoms with E-state index in [1.54, 1.807) is 12.3 Å². The minimum Gasteiger partial charge on any atom is -0.240 e. The monoisotopic (exact) mass is 214 g/mol. The average molecular weight is 214 g/mol. The van der Waals surface area contributed by atoms with Gasteiger partial charge in [-0.05, 0) is 12.0 Å². The Morgan fingerprint density at radius 2 is 2.07 bits per heavy atom. The Morgan fingerprint density at radius 3 is 2.57 bits per heavy atom. The molecular formula is C9H14N2O2S. The van der Waals surface area contributed by atoms with Crippen LogP contribution in [-0.2, 0) is 15.6 Å². The van der Waals surface area contributed by atoms with E-state index in [1.807, 2.05) is 13.8 Å². The van der Waals surface area contributed by atoms with Crippen molar-refractivity contribution >= 4 is 9.84 Å². The highest BCUT2D eigenvalue weighted by molar-refractivity contribution is 7.89. The molecule has 0 bridgehead atoms. The standard InChI is InChI=1S/C9H14N2O2S/c1-7(2)8-4-5-10-9(11-8)6-14(3,12)13/h4-5,7H,6H2,1-3H3. The summed E-state index contributed by atoms with van der Waals surface area (Å²) < 4.78 is 22.0. The highest BCUT2D eigenvalue weighted by Gasteiger charge is 2.08. The molecule has 5 heteroatoms. The van der Waals surface area contributed by atoms with Gasteiger partial charge in [-0.1, -0.05) is 13.8 Å². The summed E-state index contributed by atoms with van der Waals surface area (Å²) in [5.74, 6) is 0.572. The molecule has 0 spiro atoms. The maximum Gasteiger partial charge on any atom is 0.154 e.